The second kappa shape index (κ2) is 8.66. The van der Waals surface area contributed by atoms with Gasteiger partial charge in [-0.15, -0.1) is 0 Å². The van der Waals surface area contributed by atoms with Gasteiger partial charge in [0.2, 0.25) is 0 Å². The molecule has 0 unspecified atom stereocenters. The Labute approximate surface area is 216 Å². The summed E-state index contributed by atoms with van der Waals surface area (Å²) in [6, 6.07) is 12.9. The number of aryl methyl sites for hydroxylation is 1. The number of nitrogens with zero attached hydrogens (tertiary/aromatic N) is 7. The zero-order valence-electron chi connectivity index (χ0n) is 21.7. The minimum atomic E-state index is 0.638. The summed E-state index contributed by atoms with van der Waals surface area (Å²) in [6.45, 7) is 7.48. The van der Waals surface area contributed by atoms with Crippen LogP contribution in [0.15, 0.2) is 42.6 Å². The molecule has 0 spiro atoms. The first-order chi connectivity index (χ1) is 18.1. The number of aromatic amines is 1. The van der Waals surface area contributed by atoms with E-state index in [1.807, 2.05) is 17.9 Å². The van der Waals surface area contributed by atoms with Gasteiger partial charge < -0.3 is 4.57 Å². The van der Waals surface area contributed by atoms with E-state index in [0.717, 1.165) is 66.6 Å². The SMILES string of the molecule is CCN1CCc2nc(-c3ccc(-c4nc(Cc5ccc6[nH]ncc6c5C5CC5)n(C)n4)cc3)c(C)n2C1. The zero-order valence-corrected chi connectivity index (χ0v) is 21.7. The van der Waals surface area contributed by atoms with Crippen molar-refractivity contribution in [2.45, 2.75) is 52.1 Å². The molecule has 1 aliphatic heterocycles. The summed E-state index contributed by atoms with van der Waals surface area (Å²) in [5.41, 5.74) is 8.36. The highest BCUT2D eigenvalue weighted by Gasteiger charge is 2.29. The van der Waals surface area contributed by atoms with Crippen molar-refractivity contribution >= 4 is 10.9 Å². The molecule has 3 aromatic heterocycles. The van der Waals surface area contributed by atoms with Gasteiger partial charge in [-0.25, -0.2) is 9.97 Å². The molecule has 2 aromatic carbocycles. The number of nitrogens with one attached hydrogen (secondary N) is 1. The standard InChI is InChI=1S/C29H32N8/c1-4-36-14-13-25-31-28(18(2)37(25)17-36)20-7-9-21(10-8-20)29-32-26(35(3)34-29)15-22-11-12-24-23(16-30-33-24)27(22)19-5-6-19/h7-12,16,19H,4-6,13-15,17H2,1-3H3,(H,30,33). The zero-order chi connectivity index (χ0) is 25.1. The number of rotatable bonds is 6. The predicted octanol–water partition coefficient (Wildman–Crippen LogP) is 4.83. The number of H-pyrrole nitrogens is 1. The highest BCUT2D eigenvalue weighted by Crippen LogP contribution is 2.45. The Balaban J connectivity index is 1.16. The molecule has 0 bridgehead atoms. The van der Waals surface area contributed by atoms with Crippen LogP contribution in [-0.2, 0) is 26.6 Å². The predicted molar refractivity (Wildman–Crippen MR) is 144 cm³/mol. The number of likely N-dealkylation sites (N-methyl/N-ethyl adjacent to an activating group) is 1. The van der Waals surface area contributed by atoms with Gasteiger partial charge in [-0.3, -0.25) is 14.7 Å². The summed E-state index contributed by atoms with van der Waals surface area (Å²) in [4.78, 5) is 12.4. The molecule has 1 saturated carbocycles. The molecule has 0 amide bonds. The van der Waals surface area contributed by atoms with Gasteiger partial charge in [-0.2, -0.15) is 10.2 Å². The summed E-state index contributed by atoms with van der Waals surface area (Å²) in [5.74, 6) is 3.57. The number of benzene rings is 2. The molecule has 188 valence electrons. The molecule has 37 heavy (non-hydrogen) atoms. The fourth-order valence-corrected chi connectivity index (χ4v) is 5.76. The lowest BCUT2D eigenvalue weighted by Crippen LogP contribution is -2.34. The summed E-state index contributed by atoms with van der Waals surface area (Å²) >= 11 is 0. The number of hydrogen-bond acceptors (Lipinski definition) is 5. The number of hydrogen-bond donors (Lipinski definition) is 1. The molecule has 2 aliphatic rings. The molecule has 5 aromatic rings. The van der Waals surface area contributed by atoms with Crippen LogP contribution in [0.1, 0.15) is 54.2 Å². The smallest absolute Gasteiger partial charge is 0.181 e. The van der Waals surface area contributed by atoms with E-state index in [9.17, 15) is 0 Å². The highest BCUT2D eigenvalue weighted by molar-refractivity contribution is 5.84. The van der Waals surface area contributed by atoms with Crippen molar-refractivity contribution in [3.63, 3.8) is 0 Å². The maximum absolute atomic E-state index is 5.00. The van der Waals surface area contributed by atoms with Crippen LogP contribution in [0.4, 0.5) is 0 Å². The summed E-state index contributed by atoms with van der Waals surface area (Å²) in [6.07, 6.45) is 6.24. The lowest BCUT2D eigenvalue weighted by molar-refractivity contribution is 0.200. The van der Waals surface area contributed by atoms with Gasteiger partial charge in [0, 0.05) is 48.6 Å². The van der Waals surface area contributed by atoms with Gasteiger partial charge in [-0.05, 0) is 49.4 Å². The molecule has 0 atom stereocenters. The van der Waals surface area contributed by atoms with Crippen LogP contribution in [-0.4, -0.2) is 52.5 Å². The van der Waals surface area contributed by atoms with Crippen LogP contribution in [0.2, 0.25) is 0 Å². The maximum atomic E-state index is 5.00. The molecule has 1 N–H and O–H groups in total. The van der Waals surface area contributed by atoms with Crippen LogP contribution < -0.4 is 0 Å². The number of aromatic nitrogens is 7. The van der Waals surface area contributed by atoms with Crippen molar-refractivity contribution < 1.29 is 0 Å². The summed E-state index contributed by atoms with van der Waals surface area (Å²) in [7, 11) is 1.99. The van der Waals surface area contributed by atoms with E-state index in [1.165, 1.54) is 40.9 Å². The molecule has 7 rings (SSSR count). The molecule has 8 nitrogen and oxygen atoms in total. The molecule has 8 heteroatoms. The Morgan fingerprint density at radius 2 is 1.84 bits per heavy atom. The van der Waals surface area contributed by atoms with Crippen LogP contribution in [0.5, 0.6) is 0 Å². The van der Waals surface area contributed by atoms with E-state index in [1.54, 1.807) is 0 Å². The van der Waals surface area contributed by atoms with E-state index >= 15 is 0 Å². The van der Waals surface area contributed by atoms with E-state index in [2.05, 4.69) is 69.9 Å². The van der Waals surface area contributed by atoms with E-state index < -0.39 is 0 Å². The molecule has 4 heterocycles. The van der Waals surface area contributed by atoms with Gasteiger partial charge in [0.1, 0.15) is 11.6 Å². The third-order valence-electron chi connectivity index (χ3n) is 8.10. The molecular formula is C29H32N8. The molecular weight excluding hydrogens is 460 g/mol. The van der Waals surface area contributed by atoms with E-state index in [0.29, 0.717) is 5.92 Å². The van der Waals surface area contributed by atoms with Crippen LogP contribution >= 0.6 is 0 Å². The van der Waals surface area contributed by atoms with Crippen molar-refractivity contribution in [1.82, 2.24) is 39.4 Å². The third-order valence-corrected chi connectivity index (χ3v) is 8.10. The molecule has 1 fully saturated rings. The van der Waals surface area contributed by atoms with Gasteiger partial charge in [0.05, 0.1) is 24.1 Å². The first kappa shape index (κ1) is 22.4. The van der Waals surface area contributed by atoms with Crippen molar-refractivity contribution in [1.29, 1.82) is 0 Å². The third kappa shape index (κ3) is 3.87. The number of imidazole rings is 1. The van der Waals surface area contributed by atoms with Crippen LogP contribution in [0, 0.1) is 6.92 Å². The first-order valence-corrected chi connectivity index (χ1v) is 13.3. The lowest BCUT2D eigenvalue weighted by atomic mass is 9.96. The van der Waals surface area contributed by atoms with Crippen molar-refractivity contribution in [2.75, 3.05) is 13.1 Å². The highest BCUT2D eigenvalue weighted by atomic mass is 15.3. The Kier molecular flexibility index (Phi) is 5.25. The monoisotopic (exact) mass is 492 g/mol. The lowest BCUT2D eigenvalue weighted by Gasteiger charge is -2.27. The van der Waals surface area contributed by atoms with Crippen molar-refractivity contribution in [3.05, 3.63) is 71.1 Å². The van der Waals surface area contributed by atoms with Crippen molar-refractivity contribution in [2.24, 2.45) is 7.05 Å². The van der Waals surface area contributed by atoms with Gasteiger partial charge >= 0.3 is 0 Å². The Morgan fingerprint density at radius 1 is 1.03 bits per heavy atom. The topological polar surface area (TPSA) is 80.5 Å². The average molecular weight is 493 g/mol. The minimum absolute atomic E-state index is 0.638. The Bertz CT molecular complexity index is 1600. The maximum Gasteiger partial charge on any atom is 0.181 e. The first-order valence-electron chi connectivity index (χ1n) is 13.3. The second-order valence-electron chi connectivity index (χ2n) is 10.5. The molecule has 0 radical (unpaired) electrons. The van der Waals surface area contributed by atoms with E-state index in [4.69, 9.17) is 15.1 Å². The van der Waals surface area contributed by atoms with Gasteiger partial charge in [-0.1, -0.05) is 37.3 Å². The quantitative estimate of drug-likeness (QED) is 0.367. The van der Waals surface area contributed by atoms with Gasteiger partial charge in [0.25, 0.3) is 0 Å². The van der Waals surface area contributed by atoms with Crippen molar-refractivity contribution in [3.8, 4) is 22.6 Å². The van der Waals surface area contributed by atoms with Gasteiger partial charge in [0.15, 0.2) is 5.82 Å². The Morgan fingerprint density at radius 3 is 2.62 bits per heavy atom. The molecule has 0 saturated heterocycles. The Hall–Kier alpha value is -3.78. The molecule has 1 aliphatic carbocycles. The van der Waals surface area contributed by atoms with Crippen LogP contribution in [0.3, 0.4) is 0 Å². The van der Waals surface area contributed by atoms with Crippen LogP contribution in [0.25, 0.3) is 33.5 Å². The fraction of sp³-hybridized carbons (Fsp3) is 0.379. The second-order valence-corrected chi connectivity index (χ2v) is 10.5. The normalized spacial score (nSPS) is 16.0. The largest absolute Gasteiger partial charge is 0.318 e. The number of fused-ring (bicyclic) bond motifs is 2. The summed E-state index contributed by atoms with van der Waals surface area (Å²) in [5, 5.41) is 13.4. The fourth-order valence-electron chi connectivity index (χ4n) is 5.76. The van der Waals surface area contributed by atoms with E-state index in [-0.39, 0.29) is 0 Å². The minimum Gasteiger partial charge on any atom is -0.318 e. The average Bonchev–Trinajstić information content (AvgIpc) is 3.39. The summed E-state index contributed by atoms with van der Waals surface area (Å²) < 4.78 is 4.28.